The molecule has 3 aliphatic heterocycles. The molecule has 0 unspecified atom stereocenters. The maximum atomic E-state index is 10.8. The molecule has 1 fully saturated rings. The Labute approximate surface area is 114 Å². The van der Waals surface area contributed by atoms with Crippen molar-refractivity contribution in [1.82, 2.24) is 10.6 Å². The molecule has 0 aromatic heterocycles. The lowest BCUT2D eigenvalue weighted by atomic mass is 9.89. The SMILES string of the molecule is NC(=O)OC[C@@H]1NC(N)=[N+]2CC[C@H](O)[C@@]23NC(N)=N[C@@H]13. The molecule has 0 aromatic carbocycles. The lowest BCUT2D eigenvalue weighted by Crippen LogP contribution is -2.74. The van der Waals surface area contributed by atoms with Crippen molar-refractivity contribution in [3.8, 4) is 0 Å². The molecule has 0 radical (unpaired) electrons. The summed E-state index contributed by atoms with van der Waals surface area (Å²) in [6.07, 6.45) is -1.02. The Morgan fingerprint density at radius 3 is 3.05 bits per heavy atom. The van der Waals surface area contributed by atoms with Gasteiger partial charge in [0, 0.05) is 6.42 Å². The number of rotatable bonds is 2. The summed E-state index contributed by atoms with van der Waals surface area (Å²) in [5.41, 5.74) is 15.8. The third kappa shape index (κ3) is 1.57. The van der Waals surface area contributed by atoms with Crippen LogP contribution in [0.15, 0.2) is 4.99 Å². The van der Waals surface area contributed by atoms with Gasteiger partial charge in [0.2, 0.25) is 5.66 Å². The van der Waals surface area contributed by atoms with Gasteiger partial charge in [0.05, 0.1) is 6.54 Å². The summed E-state index contributed by atoms with van der Waals surface area (Å²) in [6, 6.07) is -0.855. The number of aliphatic imine (C=N–C) groups is 1. The number of guanidine groups is 2. The predicted octanol–water partition coefficient (Wildman–Crippen LogP) is -3.87. The maximum Gasteiger partial charge on any atom is 0.404 e. The third-order valence-electron chi connectivity index (χ3n) is 4.05. The molecule has 10 heteroatoms. The van der Waals surface area contributed by atoms with E-state index in [9.17, 15) is 9.90 Å². The second kappa shape index (κ2) is 4.13. The molecule has 110 valence electrons. The van der Waals surface area contributed by atoms with E-state index in [0.717, 1.165) is 0 Å². The molecule has 4 atom stereocenters. The normalized spacial score (nSPS) is 38.5. The number of nitrogens with one attached hydrogen (secondary N) is 2. The van der Waals surface area contributed by atoms with E-state index in [1.807, 2.05) is 4.58 Å². The van der Waals surface area contributed by atoms with Crippen molar-refractivity contribution in [2.75, 3.05) is 13.2 Å². The Morgan fingerprint density at radius 2 is 2.35 bits per heavy atom. The molecule has 10 nitrogen and oxygen atoms in total. The van der Waals surface area contributed by atoms with Crippen LogP contribution in [0.2, 0.25) is 0 Å². The number of hydrogen-bond donors (Lipinski definition) is 6. The standard InChI is InChI=1S/C10H17N7O3/c11-7-15-6-4(3-20-9(13)19)14-8(12)17-2-1-5(18)10(6,17)16-7/h4-6,18H,1-3H2,(H7,11,12,13,14,15,16,19)/p+1/t4-,5-,6-,10+/m0/s1. The minimum absolute atomic E-state index is 0.0124. The second-order valence-corrected chi connectivity index (χ2v) is 5.13. The average Bonchev–Trinajstić information content (AvgIpc) is 2.88. The molecule has 1 saturated heterocycles. The van der Waals surface area contributed by atoms with Gasteiger partial charge in [-0.2, -0.15) is 0 Å². The average molecular weight is 284 g/mol. The van der Waals surface area contributed by atoms with Crippen molar-refractivity contribution >= 4 is 18.0 Å². The molecular weight excluding hydrogens is 266 g/mol. The number of ether oxygens (including phenoxy) is 1. The van der Waals surface area contributed by atoms with Crippen molar-refractivity contribution in [2.45, 2.75) is 30.3 Å². The van der Waals surface area contributed by atoms with E-state index in [4.69, 9.17) is 21.9 Å². The molecule has 3 heterocycles. The van der Waals surface area contributed by atoms with Crippen molar-refractivity contribution in [3.05, 3.63) is 0 Å². The summed E-state index contributed by atoms with van der Waals surface area (Å²) in [4.78, 5) is 15.1. The third-order valence-corrected chi connectivity index (χ3v) is 4.05. The Balaban J connectivity index is 1.96. The number of carbonyl (C=O) groups is 1. The first-order valence-electron chi connectivity index (χ1n) is 6.33. The van der Waals surface area contributed by atoms with Crippen molar-refractivity contribution in [3.63, 3.8) is 0 Å². The van der Waals surface area contributed by atoms with Gasteiger partial charge in [-0.1, -0.05) is 0 Å². The summed E-state index contributed by atoms with van der Waals surface area (Å²) in [5, 5.41) is 16.4. The van der Waals surface area contributed by atoms with E-state index in [2.05, 4.69) is 15.6 Å². The number of carbonyl (C=O) groups excluding carboxylic acids is 1. The highest BCUT2D eigenvalue weighted by atomic mass is 16.5. The molecule has 3 rings (SSSR count). The molecule has 0 aromatic rings. The van der Waals surface area contributed by atoms with E-state index >= 15 is 0 Å². The van der Waals surface area contributed by atoms with Gasteiger partial charge < -0.3 is 26.6 Å². The highest BCUT2D eigenvalue weighted by Gasteiger charge is 2.64. The molecule has 1 spiro atoms. The Hall–Kier alpha value is -2.23. The molecule has 0 saturated carbocycles. The zero-order valence-corrected chi connectivity index (χ0v) is 10.7. The fourth-order valence-electron chi connectivity index (χ4n) is 3.27. The van der Waals surface area contributed by atoms with E-state index in [1.165, 1.54) is 0 Å². The molecular formula is C10H18N7O3+. The van der Waals surface area contributed by atoms with Gasteiger partial charge in [-0.05, 0) is 0 Å². The minimum Gasteiger partial charge on any atom is -0.446 e. The highest BCUT2D eigenvalue weighted by molar-refractivity contribution is 5.83. The van der Waals surface area contributed by atoms with Crippen LogP contribution in [0.4, 0.5) is 4.79 Å². The quantitative estimate of drug-likeness (QED) is 0.282. The Kier molecular flexibility index (Phi) is 2.64. The van der Waals surface area contributed by atoms with Crippen molar-refractivity contribution in [2.24, 2.45) is 22.2 Å². The van der Waals surface area contributed by atoms with Crippen LogP contribution in [0.5, 0.6) is 0 Å². The second-order valence-electron chi connectivity index (χ2n) is 5.13. The summed E-state index contributed by atoms with van der Waals surface area (Å²) in [7, 11) is 0. The zero-order chi connectivity index (χ0) is 14.5. The van der Waals surface area contributed by atoms with Crippen LogP contribution >= 0.6 is 0 Å². The topological polar surface area (TPSA) is 164 Å². The van der Waals surface area contributed by atoms with E-state index < -0.39 is 29.9 Å². The van der Waals surface area contributed by atoms with Crippen molar-refractivity contribution < 1.29 is 19.2 Å². The van der Waals surface area contributed by atoms with Crippen LogP contribution < -0.4 is 27.8 Å². The van der Waals surface area contributed by atoms with Crippen LogP contribution in [0, 0.1) is 0 Å². The molecule has 1 amide bonds. The van der Waals surface area contributed by atoms with E-state index in [1.54, 1.807) is 0 Å². The van der Waals surface area contributed by atoms with Gasteiger partial charge in [0.25, 0.3) is 0 Å². The number of aliphatic hydroxyl groups is 1. The number of aliphatic hydroxyl groups excluding tert-OH is 1. The molecule has 9 N–H and O–H groups in total. The largest absolute Gasteiger partial charge is 0.446 e. The zero-order valence-electron chi connectivity index (χ0n) is 10.7. The summed E-state index contributed by atoms with van der Waals surface area (Å²) in [6.45, 7) is 0.567. The van der Waals surface area contributed by atoms with E-state index in [0.29, 0.717) is 18.9 Å². The lowest BCUT2D eigenvalue weighted by molar-refractivity contribution is -0.607. The maximum absolute atomic E-state index is 10.8. The number of amides is 1. The van der Waals surface area contributed by atoms with Crippen LogP contribution in [-0.4, -0.2) is 64.7 Å². The number of hydrogen-bond acceptors (Lipinski definition) is 8. The number of primary amides is 1. The van der Waals surface area contributed by atoms with Crippen LogP contribution in [-0.2, 0) is 4.74 Å². The van der Waals surface area contributed by atoms with Gasteiger partial charge in [-0.3, -0.25) is 11.1 Å². The first-order valence-corrected chi connectivity index (χ1v) is 6.33. The summed E-state index contributed by atoms with van der Waals surface area (Å²) < 4.78 is 6.63. The van der Waals surface area contributed by atoms with Gasteiger partial charge in [-0.15, -0.1) is 0 Å². The minimum atomic E-state index is -0.884. The Bertz CT molecular complexity index is 519. The number of nitrogens with zero attached hydrogens (tertiary/aromatic N) is 2. The molecule has 0 bridgehead atoms. The van der Waals surface area contributed by atoms with Gasteiger partial charge in [-0.25, -0.2) is 14.4 Å². The molecule has 3 aliphatic rings. The molecule has 20 heavy (non-hydrogen) atoms. The monoisotopic (exact) mass is 284 g/mol. The van der Waals surface area contributed by atoms with E-state index in [-0.39, 0.29) is 12.6 Å². The number of nitrogens with two attached hydrogens (primary N) is 3. The predicted molar refractivity (Wildman–Crippen MR) is 68.7 cm³/mol. The lowest BCUT2D eigenvalue weighted by Gasteiger charge is -2.39. The van der Waals surface area contributed by atoms with Crippen LogP contribution in [0.1, 0.15) is 6.42 Å². The van der Waals surface area contributed by atoms with Gasteiger partial charge >= 0.3 is 12.1 Å². The van der Waals surface area contributed by atoms with Gasteiger partial charge in [0.15, 0.2) is 5.96 Å². The first kappa shape index (κ1) is 12.8. The Morgan fingerprint density at radius 1 is 1.60 bits per heavy atom. The van der Waals surface area contributed by atoms with Crippen LogP contribution in [0.25, 0.3) is 0 Å². The van der Waals surface area contributed by atoms with Gasteiger partial charge in [0.1, 0.15) is 24.8 Å². The fraction of sp³-hybridized carbons (Fsp3) is 0.700. The smallest absolute Gasteiger partial charge is 0.404 e. The van der Waals surface area contributed by atoms with Crippen molar-refractivity contribution in [1.29, 1.82) is 0 Å². The fourth-order valence-corrected chi connectivity index (χ4v) is 3.27. The summed E-state index contributed by atoms with van der Waals surface area (Å²) in [5.74, 6) is 0.606. The van der Waals surface area contributed by atoms with Crippen LogP contribution in [0.3, 0.4) is 0 Å². The molecule has 0 aliphatic carbocycles. The first-order chi connectivity index (χ1) is 9.45. The summed E-state index contributed by atoms with van der Waals surface area (Å²) >= 11 is 0. The highest BCUT2D eigenvalue weighted by Crippen LogP contribution is 2.35.